The summed E-state index contributed by atoms with van der Waals surface area (Å²) in [7, 11) is 1.56. The molecule has 0 saturated carbocycles. The molecule has 0 aromatic carbocycles. The molecule has 0 aromatic heterocycles. The minimum Gasteiger partial charge on any atom is -0.383 e. The lowest BCUT2D eigenvalue weighted by Crippen LogP contribution is -2.27. The van der Waals surface area contributed by atoms with Crippen LogP contribution in [0.15, 0.2) is 10.6 Å². The topological polar surface area (TPSA) is 55.4 Å². The molecule has 0 aliphatic heterocycles. The van der Waals surface area contributed by atoms with Crippen LogP contribution in [0, 0.1) is 0 Å². The number of methoxy groups -OCH3 is 1. The van der Waals surface area contributed by atoms with Crippen molar-refractivity contribution in [1.82, 2.24) is 5.32 Å². The maximum Gasteiger partial charge on any atom is 0.258 e. The Labute approximate surface area is 111 Å². The molecule has 98 valence electrons. The highest BCUT2D eigenvalue weighted by Gasteiger charge is 2.07. The van der Waals surface area contributed by atoms with E-state index < -0.39 is 0 Å². The zero-order chi connectivity index (χ0) is 13.1. The van der Waals surface area contributed by atoms with E-state index in [-0.39, 0.29) is 16.2 Å². The zero-order valence-electron chi connectivity index (χ0n) is 10.4. The van der Waals surface area contributed by atoms with E-state index in [1.54, 1.807) is 7.11 Å². The Hall–Kier alpha value is -0.680. The number of carbonyl (C=O) groups excluding carboxylic acids is 2. The van der Waals surface area contributed by atoms with Crippen molar-refractivity contribution in [1.29, 1.82) is 0 Å². The Bertz CT molecular complexity index is 277. The summed E-state index contributed by atoms with van der Waals surface area (Å²) >= 11 is 3.09. The monoisotopic (exact) mass is 305 g/mol. The lowest BCUT2D eigenvalue weighted by Gasteiger charge is -2.03. The number of hydrogen-bond acceptors (Lipinski definition) is 3. The van der Waals surface area contributed by atoms with E-state index in [1.165, 1.54) is 6.08 Å². The molecule has 0 rings (SSSR count). The third-order valence-corrected chi connectivity index (χ3v) is 2.71. The molecule has 0 unspecified atom stereocenters. The van der Waals surface area contributed by atoms with Gasteiger partial charge in [-0.15, -0.1) is 0 Å². The first-order valence-corrected chi connectivity index (χ1v) is 6.58. The molecule has 0 bridgehead atoms. The Kier molecular flexibility index (Phi) is 10.1. The van der Waals surface area contributed by atoms with Crippen molar-refractivity contribution >= 4 is 27.6 Å². The maximum atomic E-state index is 11.5. The van der Waals surface area contributed by atoms with Crippen LogP contribution in [0.2, 0.25) is 0 Å². The van der Waals surface area contributed by atoms with Crippen LogP contribution in [-0.2, 0) is 14.3 Å². The van der Waals surface area contributed by atoms with E-state index >= 15 is 0 Å². The van der Waals surface area contributed by atoms with Gasteiger partial charge in [0, 0.05) is 26.2 Å². The van der Waals surface area contributed by atoms with E-state index in [9.17, 15) is 9.59 Å². The van der Waals surface area contributed by atoms with Crippen LogP contribution in [0.5, 0.6) is 0 Å². The van der Waals surface area contributed by atoms with Crippen LogP contribution >= 0.6 is 15.9 Å². The molecule has 4 nitrogen and oxygen atoms in total. The summed E-state index contributed by atoms with van der Waals surface area (Å²) in [5.74, 6) is -0.307. The molecule has 0 aromatic rings. The van der Waals surface area contributed by atoms with Gasteiger partial charge in [0.15, 0.2) is 5.78 Å². The number of allylic oxidation sites excluding steroid dienone is 1. The average molecular weight is 306 g/mol. The molecular weight excluding hydrogens is 286 g/mol. The smallest absolute Gasteiger partial charge is 0.258 e. The van der Waals surface area contributed by atoms with E-state index in [0.29, 0.717) is 19.6 Å². The first kappa shape index (κ1) is 16.3. The predicted molar refractivity (Wildman–Crippen MR) is 71.0 cm³/mol. The summed E-state index contributed by atoms with van der Waals surface area (Å²) < 4.78 is 5.08. The van der Waals surface area contributed by atoms with Crippen LogP contribution in [0.3, 0.4) is 0 Å². The Balaban J connectivity index is 3.96. The Morgan fingerprint density at radius 1 is 1.35 bits per heavy atom. The molecular formula is C12H20BrNO3. The summed E-state index contributed by atoms with van der Waals surface area (Å²) in [5, 5.41) is 2.62. The molecule has 0 atom stereocenters. The number of rotatable bonds is 9. The van der Waals surface area contributed by atoms with Gasteiger partial charge in [-0.25, -0.2) is 0 Å². The van der Waals surface area contributed by atoms with Crippen molar-refractivity contribution in [3.05, 3.63) is 10.6 Å². The van der Waals surface area contributed by atoms with Crippen LogP contribution in [0.1, 0.15) is 32.6 Å². The second-order valence-electron chi connectivity index (χ2n) is 3.66. The van der Waals surface area contributed by atoms with E-state index in [4.69, 9.17) is 4.74 Å². The highest BCUT2D eigenvalue weighted by atomic mass is 79.9. The molecule has 0 fully saturated rings. The number of halogens is 1. The molecule has 1 N–H and O–H groups in total. The Morgan fingerprint density at radius 3 is 2.65 bits per heavy atom. The number of hydrogen-bond donors (Lipinski definition) is 1. The summed E-state index contributed by atoms with van der Waals surface area (Å²) in [4.78, 5) is 22.9. The molecule has 1 amide bonds. The third-order valence-electron chi connectivity index (χ3n) is 2.12. The fourth-order valence-electron chi connectivity index (χ4n) is 1.18. The van der Waals surface area contributed by atoms with Crippen molar-refractivity contribution in [3.63, 3.8) is 0 Å². The van der Waals surface area contributed by atoms with Gasteiger partial charge in [0.2, 0.25) is 0 Å². The summed E-state index contributed by atoms with van der Waals surface area (Å²) in [6.45, 7) is 2.97. The SMILES string of the molecule is CCCCCC(=O)/C=C(/Br)C(=O)NCCOC. The lowest BCUT2D eigenvalue weighted by atomic mass is 10.1. The minimum atomic E-state index is -0.286. The zero-order valence-corrected chi connectivity index (χ0v) is 12.0. The second kappa shape index (κ2) is 10.5. The Morgan fingerprint density at radius 2 is 2.06 bits per heavy atom. The molecule has 0 radical (unpaired) electrons. The number of carbonyl (C=O) groups is 2. The standard InChI is InChI=1S/C12H20BrNO3/c1-3-4-5-6-10(15)9-11(13)12(16)14-7-8-17-2/h9H,3-8H2,1-2H3,(H,14,16)/b11-9+. The summed E-state index contributed by atoms with van der Waals surface area (Å²) in [5.41, 5.74) is 0. The average Bonchev–Trinajstić information content (AvgIpc) is 2.29. The van der Waals surface area contributed by atoms with Crippen LogP contribution in [0.25, 0.3) is 0 Å². The molecule has 17 heavy (non-hydrogen) atoms. The maximum absolute atomic E-state index is 11.5. The van der Waals surface area contributed by atoms with Crippen LogP contribution < -0.4 is 5.32 Å². The molecule has 5 heteroatoms. The van der Waals surface area contributed by atoms with Gasteiger partial charge in [-0.1, -0.05) is 19.8 Å². The van der Waals surface area contributed by atoms with Gasteiger partial charge in [0.25, 0.3) is 5.91 Å². The highest BCUT2D eigenvalue weighted by molar-refractivity contribution is 9.12. The third kappa shape index (κ3) is 9.06. The molecule has 0 spiro atoms. The number of amides is 1. The van der Waals surface area contributed by atoms with Gasteiger partial charge in [-0.05, 0) is 22.4 Å². The number of nitrogens with one attached hydrogen (secondary N) is 1. The second-order valence-corrected chi connectivity index (χ2v) is 4.52. The van der Waals surface area contributed by atoms with E-state index in [2.05, 4.69) is 28.2 Å². The molecule has 0 heterocycles. The fraction of sp³-hybridized carbons (Fsp3) is 0.667. The number of unbranched alkanes of at least 4 members (excludes halogenated alkanes) is 2. The van der Waals surface area contributed by atoms with Crippen molar-refractivity contribution in [2.75, 3.05) is 20.3 Å². The highest BCUT2D eigenvalue weighted by Crippen LogP contribution is 2.07. The van der Waals surface area contributed by atoms with Gasteiger partial charge in [0.05, 0.1) is 11.1 Å². The van der Waals surface area contributed by atoms with Gasteiger partial charge >= 0.3 is 0 Å². The predicted octanol–water partition coefficient (Wildman–Crippen LogP) is 2.18. The van der Waals surface area contributed by atoms with E-state index in [1.807, 2.05) is 0 Å². The van der Waals surface area contributed by atoms with Crippen molar-refractivity contribution in [2.24, 2.45) is 0 Å². The number of ketones is 1. The van der Waals surface area contributed by atoms with Crippen molar-refractivity contribution in [2.45, 2.75) is 32.6 Å². The molecule has 0 aliphatic carbocycles. The normalized spacial score (nSPS) is 11.4. The molecule has 0 aliphatic rings. The van der Waals surface area contributed by atoms with Crippen LogP contribution in [-0.4, -0.2) is 32.0 Å². The first-order valence-electron chi connectivity index (χ1n) is 5.79. The van der Waals surface area contributed by atoms with Crippen LogP contribution in [0.4, 0.5) is 0 Å². The molecule has 0 saturated heterocycles. The summed E-state index contributed by atoms with van der Waals surface area (Å²) in [6, 6.07) is 0. The van der Waals surface area contributed by atoms with Gasteiger partial charge < -0.3 is 10.1 Å². The number of ether oxygens (including phenoxy) is 1. The van der Waals surface area contributed by atoms with Crippen molar-refractivity contribution < 1.29 is 14.3 Å². The van der Waals surface area contributed by atoms with Gasteiger partial charge in [0.1, 0.15) is 0 Å². The largest absolute Gasteiger partial charge is 0.383 e. The van der Waals surface area contributed by atoms with Gasteiger partial charge in [-0.3, -0.25) is 9.59 Å². The first-order chi connectivity index (χ1) is 8.11. The minimum absolute atomic E-state index is 0.0211. The summed E-state index contributed by atoms with van der Waals surface area (Å²) in [6.07, 6.45) is 4.83. The fourth-order valence-corrected chi connectivity index (χ4v) is 1.57. The van der Waals surface area contributed by atoms with Gasteiger partial charge in [-0.2, -0.15) is 0 Å². The van der Waals surface area contributed by atoms with E-state index in [0.717, 1.165) is 19.3 Å². The lowest BCUT2D eigenvalue weighted by molar-refractivity contribution is -0.118. The van der Waals surface area contributed by atoms with Crippen molar-refractivity contribution in [3.8, 4) is 0 Å². The quantitative estimate of drug-likeness (QED) is 0.525.